The summed E-state index contributed by atoms with van der Waals surface area (Å²) >= 11 is 1.53. The number of nitrogens with zero attached hydrogens (tertiary/aromatic N) is 1. The summed E-state index contributed by atoms with van der Waals surface area (Å²) in [7, 11) is 0. The minimum Gasteiger partial charge on any atom is -0.301 e. The van der Waals surface area contributed by atoms with Gasteiger partial charge in [-0.15, -0.1) is 0 Å². The van der Waals surface area contributed by atoms with E-state index < -0.39 is 0 Å². The molecule has 1 heterocycles. The normalized spacial score (nSPS) is 20.1. The summed E-state index contributed by atoms with van der Waals surface area (Å²) < 4.78 is 0. The van der Waals surface area contributed by atoms with Gasteiger partial charge in [0, 0.05) is 29.9 Å². The van der Waals surface area contributed by atoms with E-state index in [0.717, 1.165) is 31.4 Å². The van der Waals surface area contributed by atoms with Gasteiger partial charge in [0.2, 0.25) is 0 Å². The molecule has 0 amide bonds. The third-order valence-corrected chi connectivity index (χ3v) is 4.15. The molecule has 1 aromatic rings. The van der Waals surface area contributed by atoms with Crippen LogP contribution in [0.2, 0.25) is 0 Å². The van der Waals surface area contributed by atoms with Crippen molar-refractivity contribution < 1.29 is 4.79 Å². The second kappa shape index (κ2) is 6.18. The highest BCUT2D eigenvalue weighted by Crippen LogP contribution is 2.29. The van der Waals surface area contributed by atoms with Crippen molar-refractivity contribution in [2.75, 3.05) is 0 Å². The molecule has 18 heavy (non-hydrogen) atoms. The maximum absolute atomic E-state index is 11.5. The van der Waals surface area contributed by atoms with Gasteiger partial charge in [0.05, 0.1) is 0 Å². The summed E-state index contributed by atoms with van der Waals surface area (Å²) in [6, 6.07) is 1.56. The van der Waals surface area contributed by atoms with Crippen molar-refractivity contribution in [3.63, 3.8) is 0 Å². The van der Waals surface area contributed by atoms with Crippen LogP contribution in [0.3, 0.4) is 0 Å². The minimum absolute atomic E-state index is 0.0990. The van der Waals surface area contributed by atoms with Crippen molar-refractivity contribution >= 4 is 17.5 Å². The summed E-state index contributed by atoms with van der Waals surface area (Å²) in [4.78, 5) is 30.1. The molecule has 98 valence electrons. The Morgan fingerprint density at radius 2 is 2.33 bits per heavy atom. The number of Topliss-reactive ketones (excluding diaryl/α,β-unsaturated/α-hetero) is 1. The van der Waals surface area contributed by atoms with Crippen LogP contribution in [-0.4, -0.2) is 21.0 Å². The van der Waals surface area contributed by atoms with Crippen molar-refractivity contribution in [1.82, 2.24) is 9.97 Å². The molecule has 1 aliphatic rings. The van der Waals surface area contributed by atoms with Gasteiger partial charge in [0.15, 0.2) is 5.16 Å². The first-order valence-corrected chi connectivity index (χ1v) is 7.34. The lowest BCUT2D eigenvalue weighted by Gasteiger charge is -2.19. The van der Waals surface area contributed by atoms with Gasteiger partial charge in [-0.05, 0) is 19.3 Å². The maximum Gasteiger partial charge on any atom is 0.251 e. The number of thioether (sulfide) groups is 1. The maximum atomic E-state index is 11.5. The molecular formula is C13H18N2O2S. The van der Waals surface area contributed by atoms with Crippen LogP contribution in [0.5, 0.6) is 0 Å². The van der Waals surface area contributed by atoms with E-state index in [2.05, 4.69) is 16.9 Å². The monoisotopic (exact) mass is 266 g/mol. The molecule has 1 N–H and O–H groups in total. The lowest BCUT2D eigenvalue weighted by Crippen LogP contribution is -2.18. The fraction of sp³-hybridized carbons (Fsp3) is 0.615. The lowest BCUT2D eigenvalue weighted by atomic mass is 9.99. The largest absolute Gasteiger partial charge is 0.301 e. The number of aromatic amines is 1. The van der Waals surface area contributed by atoms with Crippen molar-refractivity contribution in [3.8, 4) is 0 Å². The SMILES string of the molecule is CCCc1cc(=O)[nH]c(SC2CCCC(=O)C2)n1. The van der Waals surface area contributed by atoms with Crippen molar-refractivity contribution in [2.45, 2.75) is 55.9 Å². The first-order valence-electron chi connectivity index (χ1n) is 6.46. The molecule has 1 fully saturated rings. The number of aromatic nitrogens is 2. The number of nitrogens with one attached hydrogen (secondary N) is 1. The van der Waals surface area contributed by atoms with Gasteiger partial charge in [0.1, 0.15) is 5.78 Å². The quantitative estimate of drug-likeness (QED) is 0.850. The van der Waals surface area contributed by atoms with E-state index in [1.807, 2.05) is 0 Å². The van der Waals surface area contributed by atoms with Crippen LogP contribution in [0.15, 0.2) is 16.0 Å². The number of carbonyl (C=O) groups is 1. The van der Waals surface area contributed by atoms with Gasteiger partial charge < -0.3 is 4.98 Å². The van der Waals surface area contributed by atoms with Crippen molar-refractivity contribution in [2.24, 2.45) is 0 Å². The molecule has 5 heteroatoms. The third-order valence-electron chi connectivity index (χ3n) is 2.99. The van der Waals surface area contributed by atoms with E-state index >= 15 is 0 Å². The highest BCUT2D eigenvalue weighted by molar-refractivity contribution is 7.99. The molecule has 1 atom stereocenters. The fourth-order valence-corrected chi connectivity index (χ4v) is 3.37. The van der Waals surface area contributed by atoms with E-state index in [9.17, 15) is 9.59 Å². The standard InChI is InChI=1S/C13H18N2O2S/c1-2-4-9-7-12(17)15-13(14-9)18-11-6-3-5-10(16)8-11/h7,11H,2-6,8H2,1H3,(H,14,15,17). The summed E-state index contributed by atoms with van der Waals surface area (Å²) in [5, 5.41) is 0.928. The lowest BCUT2D eigenvalue weighted by molar-refractivity contribution is -0.120. The summed E-state index contributed by atoms with van der Waals surface area (Å²) in [5.74, 6) is 0.325. The van der Waals surface area contributed by atoms with Crippen LogP contribution < -0.4 is 5.56 Å². The van der Waals surface area contributed by atoms with Crippen LogP contribution in [-0.2, 0) is 11.2 Å². The topological polar surface area (TPSA) is 62.8 Å². The number of aryl methyl sites for hydroxylation is 1. The molecule has 1 saturated carbocycles. The Labute approximate surface area is 111 Å². The highest BCUT2D eigenvalue weighted by Gasteiger charge is 2.21. The van der Waals surface area contributed by atoms with E-state index in [-0.39, 0.29) is 10.8 Å². The predicted octanol–water partition coefficient (Wildman–Crippen LogP) is 2.33. The van der Waals surface area contributed by atoms with Crippen LogP contribution in [0.1, 0.15) is 44.7 Å². The third kappa shape index (κ3) is 3.70. The van der Waals surface area contributed by atoms with Gasteiger partial charge in [-0.25, -0.2) is 4.98 Å². The van der Waals surface area contributed by atoms with Gasteiger partial charge in [-0.1, -0.05) is 25.1 Å². The Hall–Kier alpha value is -1.10. The smallest absolute Gasteiger partial charge is 0.251 e. The summed E-state index contributed by atoms with van der Waals surface area (Å²) in [5.41, 5.74) is 0.740. The zero-order chi connectivity index (χ0) is 13.0. The minimum atomic E-state index is -0.0990. The summed E-state index contributed by atoms with van der Waals surface area (Å²) in [6.07, 6.45) is 5.08. The van der Waals surface area contributed by atoms with Gasteiger partial charge in [-0.3, -0.25) is 9.59 Å². The number of H-pyrrole nitrogens is 1. The first-order chi connectivity index (χ1) is 8.67. The average molecular weight is 266 g/mol. The van der Waals surface area contributed by atoms with Gasteiger partial charge in [-0.2, -0.15) is 0 Å². The van der Waals surface area contributed by atoms with Crippen molar-refractivity contribution in [1.29, 1.82) is 0 Å². The molecule has 0 radical (unpaired) electrons. The molecule has 0 aliphatic heterocycles. The molecule has 1 aliphatic carbocycles. The van der Waals surface area contributed by atoms with Crippen LogP contribution >= 0.6 is 11.8 Å². The van der Waals surface area contributed by atoms with Crippen LogP contribution in [0, 0.1) is 0 Å². The Morgan fingerprint density at radius 1 is 1.50 bits per heavy atom. The molecule has 1 unspecified atom stereocenters. The molecule has 0 saturated heterocycles. The van der Waals surface area contributed by atoms with E-state index in [0.29, 0.717) is 23.8 Å². The van der Waals surface area contributed by atoms with Crippen LogP contribution in [0.4, 0.5) is 0 Å². The Balaban J connectivity index is 2.08. The van der Waals surface area contributed by atoms with E-state index in [4.69, 9.17) is 0 Å². The highest BCUT2D eigenvalue weighted by atomic mass is 32.2. The molecular weight excluding hydrogens is 248 g/mol. The summed E-state index contributed by atoms with van der Waals surface area (Å²) in [6.45, 7) is 2.06. The van der Waals surface area contributed by atoms with Gasteiger partial charge in [0.25, 0.3) is 5.56 Å². The zero-order valence-corrected chi connectivity index (χ0v) is 11.4. The predicted molar refractivity (Wildman–Crippen MR) is 72.0 cm³/mol. The molecule has 0 aromatic carbocycles. The molecule has 1 aromatic heterocycles. The fourth-order valence-electron chi connectivity index (χ4n) is 2.17. The zero-order valence-electron chi connectivity index (χ0n) is 10.6. The Morgan fingerprint density at radius 3 is 3.06 bits per heavy atom. The van der Waals surface area contributed by atoms with Crippen LogP contribution in [0.25, 0.3) is 0 Å². The molecule has 4 nitrogen and oxygen atoms in total. The van der Waals surface area contributed by atoms with E-state index in [1.54, 1.807) is 6.07 Å². The molecule has 0 spiro atoms. The number of rotatable bonds is 4. The Kier molecular flexibility index (Phi) is 4.58. The number of hydrogen-bond acceptors (Lipinski definition) is 4. The molecule has 2 rings (SSSR count). The number of hydrogen-bond donors (Lipinski definition) is 1. The average Bonchev–Trinajstić information content (AvgIpc) is 2.28. The Bertz CT molecular complexity index is 484. The second-order valence-corrected chi connectivity index (χ2v) is 5.96. The molecule has 0 bridgehead atoms. The van der Waals surface area contributed by atoms with Gasteiger partial charge >= 0.3 is 0 Å². The first kappa shape index (κ1) is 13.3. The van der Waals surface area contributed by atoms with E-state index in [1.165, 1.54) is 11.8 Å². The van der Waals surface area contributed by atoms with Crippen molar-refractivity contribution in [3.05, 3.63) is 22.1 Å². The second-order valence-electron chi connectivity index (χ2n) is 4.67. The number of ketones is 1. The number of carbonyl (C=O) groups excluding carboxylic acids is 1.